The van der Waals surface area contributed by atoms with Crippen LogP contribution < -0.4 is 30.2 Å². The summed E-state index contributed by atoms with van der Waals surface area (Å²) < 4.78 is 27.3. The van der Waals surface area contributed by atoms with E-state index in [4.69, 9.17) is 23.7 Å². The van der Waals surface area contributed by atoms with Crippen molar-refractivity contribution < 1.29 is 47.7 Å². The van der Waals surface area contributed by atoms with E-state index in [-0.39, 0.29) is 24.8 Å². The van der Waals surface area contributed by atoms with E-state index < -0.39 is 34.7 Å². The van der Waals surface area contributed by atoms with E-state index in [1.54, 1.807) is 106 Å². The SMILES string of the molecule is CCOC(=O)c1c(NC(=O)C(C)Sc2cccc(NC(=O)/C(=C\c3cc(OC)c(OC)c(OC)c3)NC(=O)c3ccccc3)c2)sc2c1CCN(C(=O)OC(C)(C)C)C2. The van der Waals surface area contributed by atoms with E-state index in [0.29, 0.717) is 62.5 Å². The number of thiophene rings is 1. The average molecular weight is 845 g/mol. The highest BCUT2D eigenvalue weighted by Gasteiger charge is 2.33. The Hall–Kier alpha value is -6.00. The Bertz CT molecular complexity index is 2210. The molecule has 1 aromatic heterocycles. The molecule has 1 aliphatic heterocycles. The third-order valence-corrected chi connectivity index (χ3v) is 11.0. The summed E-state index contributed by atoms with van der Waals surface area (Å²) in [6.07, 6.45) is 1.44. The predicted molar refractivity (Wildman–Crippen MR) is 228 cm³/mol. The van der Waals surface area contributed by atoms with Gasteiger partial charge in [0.25, 0.3) is 11.8 Å². The summed E-state index contributed by atoms with van der Waals surface area (Å²) in [5.41, 5.74) is 1.54. The second kappa shape index (κ2) is 19.6. The molecule has 14 nitrogen and oxygen atoms in total. The smallest absolute Gasteiger partial charge is 0.410 e. The van der Waals surface area contributed by atoms with Gasteiger partial charge in [-0.15, -0.1) is 23.1 Å². The molecule has 1 atom stereocenters. The lowest BCUT2D eigenvalue weighted by Crippen LogP contribution is -2.39. The fourth-order valence-electron chi connectivity index (χ4n) is 6.00. The van der Waals surface area contributed by atoms with E-state index in [9.17, 15) is 24.0 Å². The van der Waals surface area contributed by atoms with Gasteiger partial charge in [-0.25, -0.2) is 9.59 Å². The molecule has 59 heavy (non-hydrogen) atoms. The molecule has 312 valence electrons. The largest absolute Gasteiger partial charge is 0.493 e. The molecule has 0 saturated carbocycles. The van der Waals surface area contributed by atoms with Crippen LogP contribution in [0.1, 0.15) is 71.3 Å². The third-order valence-electron chi connectivity index (χ3n) is 8.73. The Morgan fingerprint density at radius 2 is 1.61 bits per heavy atom. The van der Waals surface area contributed by atoms with Gasteiger partial charge >= 0.3 is 12.1 Å². The van der Waals surface area contributed by atoms with Crippen molar-refractivity contribution in [2.75, 3.05) is 45.1 Å². The summed E-state index contributed by atoms with van der Waals surface area (Å²) in [6, 6.07) is 18.7. The molecule has 0 fully saturated rings. The number of nitrogens with one attached hydrogen (secondary N) is 3. The molecule has 0 spiro atoms. The third kappa shape index (κ3) is 11.4. The first-order chi connectivity index (χ1) is 28.1. The van der Waals surface area contributed by atoms with Crippen LogP contribution in [0.3, 0.4) is 0 Å². The fourth-order valence-corrected chi connectivity index (χ4v) is 8.18. The molecule has 3 aromatic carbocycles. The minimum absolute atomic E-state index is 0.0656. The Kier molecular flexibility index (Phi) is 14.7. The first-order valence-corrected chi connectivity index (χ1v) is 20.4. The van der Waals surface area contributed by atoms with Crippen LogP contribution in [0.2, 0.25) is 0 Å². The number of thioether (sulfide) groups is 1. The number of hydrogen-bond donors (Lipinski definition) is 3. The molecule has 4 aromatic rings. The summed E-state index contributed by atoms with van der Waals surface area (Å²) in [5.74, 6) is -0.947. The van der Waals surface area contributed by atoms with Crippen LogP contribution in [0, 0.1) is 0 Å². The highest BCUT2D eigenvalue weighted by atomic mass is 32.2. The van der Waals surface area contributed by atoms with Gasteiger partial charge in [-0.2, -0.15) is 0 Å². The van der Waals surface area contributed by atoms with Crippen molar-refractivity contribution in [3.63, 3.8) is 0 Å². The van der Waals surface area contributed by atoms with Gasteiger partial charge in [0.2, 0.25) is 11.7 Å². The number of benzene rings is 3. The summed E-state index contributed by atoms with van der Waals surface area (Å²) in [4.78, 5) is 69.8. The van der Waals surface area contributed by atoms with Crippen molar-refractivity contribution in [1.29, 1.82) is 0 Å². The molecule has 16 heteroatoms. The molecular weight excluding hydrogens is 797 g/mol. The molecule has 0 saturated heterocycles. The normalized spacial score (nSPS) is 13.0. The van der Waals surface area contributed by atoms with Crippen LogP contribution in [0.25, 0.3) is 6.08 Å². The number of ether oxygens (including phenoxy) is 5. The molecule has 1 aliphatic rings. The van der Waals surface area contributed by atoms with Crippen molar-refractivity contribution in [1.82, 2.24) is 10.2 Å². The summed E-state index contributed by atoms with van der Waals surface area (Å²) in [6.45, 7) is 9.56. The van der Waals surface area contributed by atoms with E-state index in [0.717, 1.165) is 10.4 Å². The minimum atomic E-state index is -0.664. The zero-order valence-corrected chi connectivity index (χ0v) is 35.8. The van der Waals surface area contributed by atoms with E-state index >= 15 is 0 Å². The van der Waals surface area contributed by atoms with Crippen LogP contribution >= 0.6 is 23.1 Å². The Balaban J connectivity index is 1.34. The summed E-state index contributed by atoms with van der Waals surface area (Å²) in [5, 5.41) is 8.22. The topological polar surface area (TPSA) is 171 Å². The number of nitrogens with zero attached hydrogens (tertiary/aromatic N) is 1. The number of carbonyl (C=O) groups is 5. The molecule has 5 rings (SSSR count). The van der Waals surface area contributed by atoms with Gasteiger partial charge in [0.1, 0.15) is 16.3 Å². The predicted octanol–water partition coefficient (Wildman–Crippen LogP) is 7.77. The van der Waals surface area contributed by atoms with Gasteiger partial charge in [-0.3, -0.25) is 14.4 Å². The number of carbonyl (C=O) groups excluding carboxylic acids is 5. The van der Waals surface area contributed by atoms with Gasteiger partial charge in [0, 0.05) is 27.6 Å². The molecule has 1 unspecified atom stereocenters. The van der Waals surface area contributed by atoms with Crippen molar-refractivity contribution in [3.8, 4) is 17.2 Å². The number of anilines is 2. The number of esters is 1. The van der Waals surface area contributed by atoms with E-state index in [1.807, 2.05) is 0 Å². The van der Waals surface area contributed by atoms with Crippen molar-refractivity contribution in [2.45, 2.75) is 63.3 Å². The van der Waals surface area contributed by atoms with Gasteiger partial charge < -0.3 is 44.5 Å². The first kappa shape index (κ1) is 44.1. The molecular formula is C43H48N4O10S2. The van der Waals surface area contributed by atoms with Gasteiger partial charge in [0.15, 0.2) is 11.5 Å². The number of hydrogen-bond acceptors (Lipinski definition) is 12. The van der Waals surface area contributed by atoms with Crippen LogP contribution in [0.4, 0.5) is 15.5 Å². The maximum Gasteiger partial charge on any atom is 0.410 e. The zero-order chi connectivity index (χ0) is 42.9. The summed E-state index contributed by atoms with van der Waals surface area (Å²) in [7, 11) is 4.43. The number of methoxy groups -OCH3 is 3. The lowest BCUT2D eigenvalue weighted by atomic mass is 10.0. The Morgan fingerprint density at radius 1 is 0.915 bits per heavy atom. The second-order valence-electron chi connectivity index (χ2n) is 14.1. The Labute approximate surface area is 351 Å². The van der Waals surface area contributed by atoms with Crippen molar-refractivity contribution in [2.24, 2.45) is 0 Å². The Morgan fingerprint density at radius 3 is 2.24 bits per heavy atom. The van der Waals surface area contributed by atoms with Crippen molar-refractivity contribution >= 4 is 69.6 Å². The quantitative estimate of drug-likeness (QED) is 0.0644. The number of fused-ring (bicyclic) bond motifs is 1. The molecule has 0 bridgehead atoms. The minimum Gasteiger partial charge on any atom is -0.493 e. The second-order valence-corrected chi connectivity index (χ2v) is 16.7. The zero-order valence-electron chi connectivity index (χ0n) is 34.2. The average Bonchev–Trinajstić information content (AvgIpc) is 3.57. The molecule has 0 radical (unpaired) electrons. The lowest BCUT2D eigenvalue weighted by molar-refractivity contribution is -0.115. The molecule has 4 amide bonds. The van der Waals surface area contributed by atoms with E-state index in [2.05, 4.69) is 16.0 Å². The summed E-state index contributed by atoms with van der Waals surface area (Å²) >= 11 is 2.48. The van der Waals surface area contributed by atoms with Crippen LogP contribution in [-0.2, 0) is 32.0 Å². The van der Waals surface area contributed by atoms with Crippen molar-refractivity contribution in [3.05, 3.63) is 99.6 Å². The number of rotatable bonds is 14. The monoisotopic (exact) mass is 844 g/mol. The first-order valence-electron chi connectivity index (χ1n) is 18.7. The maximum absolute atomic E-state index is 13.9. The highest BCUT2D eigenvalue weighted by Crippen LogP contribution is 2.40. The van der Waals surface area contributed by atoms with Crippen LogP contribution in [0.15, 0.2) is 77.3 Å². The molecule has 2 heterocycles. The van der Waals surface area contributed by atoms with Gasteiger partial charge in [-0.05, 0) is 101 Å². The van der Waals surface area contributed by atoms with E-state index in [1.165, 1.54) is 50.5 Å². The van der Waals surface area contributed by atoms with Gasteiger partial charge in [0.05, 0.1) is 45.3 Å². The lowest BCUT2D eigenvalue weighted by Gasteiger charge is -2.30. The molecule has 3 N–H and O–H groups in total. The number of amides is 4. The van der Waals surface area contributed by atoms with Crippen LogP contribution in [0.5, 0.6) is 17.2 Å². The maximum atomic E-state index is 13.9. The fraction of sp³-hybridized carbons (Fsp3) is 0.326. The van der Waals surface area contributed by atoms with Crippen LogP contribution in [-0.4, -0.2) is 80.0 Å². The molecule has 0 aliphatic carbocycles. The standard InChI is InChI=1S/C43H48N4O10S2/c1-9-56-41(51)35-30-18-19-47(42(52)57-43(3,4)5)24-34(30)59-40(35)46-37(48)25(2)58-29-17-13-16-28(23-29)44-39(50)31(45-38(49)27-14-11-10-12-15-27)20-26-21-32(53-6)36(55-8)33(22-26)54-7/h10-17,20-23,25H,9,18-19,24H2,1-8H3,(H,44,50)(H,45,49)(H,46,48)/b31-20+. The van der Waals surface area contributed by atoms with Gasteiger partial charge in [-0.1, -0.05) is 24.3 Å². The highest BCUT2D eigenvalue weighted by molar-refractivity contribution is 8.00.